The van der Waals surface area contributed by atoms with Crippen LogP contribution in [0.4, 0.5) is 4.79 Å². The Morgan fingerprint density at radius 1 is 1.60 bits per heavy atom. The second-order valence-electron chi connectivity index (χ2n) is 2.80. The summed E-state index contributed by atoms with van der Waals surface area (Å²) in [4.78, 5) is 21.7. The smallest absolute Gasteiger partial charge is 0.407 e. The molecule has 1 amide bonds. The van der Waals surface area contributed by atoms with Crippen LogP contribution in [0.1, 0.15) is 13.3 Å². The fourth-order valence-electron chi connectivity index (χ4n) is 0.865. The van der Waals surface area contributed by atoms with Crippen molar-refractivity contribution in [1.29, 1.82) is 0 Å². The molecular formula is C10H15NO4. The lowest BCUT2D eigenvalue weighted by Gasteiger charge is -2.15. The third kappa shape index (κ3) is 4.85. The maximum Gasteiger partial charge on any atom is 0.407 e. The Labute approximate surface area is 88.4 Å². The fraction of sp³-hybridized carbons (Fsp3) is 0.400. The number of alkyl carbamates (subject to hydrolysis) is 1. The van der Waals surface area contributed by atoms with Crippen LogP contribution in [0.3, 0.4) is 0 Å². The van der Waals surface area contributed by atoms with Gasteiger partial charge in [-0.05, 0) is 6.42 Å². The maximum atomic E-state index is 11.1. The van der Waals surface area contributed by atoms with E-state index in [1.165, 1.54) is 6.08 Å². The summed E-state index contributed by atoms with van der Waals surface area (Å²) < 4.78 is 4.85. The minimum absolute atomic E-state index is 0.133. The maximum absolute atomic E-state index is 11.1. The summed E-state index contributed by atoms with van der Waals surface area (Å²) in [7, 11) is 0. The van der Waals surface area contributed by atoms with E-state index in [2.05, 4.69) is 18.5 Å². The average Bonchev–Trinajstić information content (AvgIpc) is 2.21. The first-order valence-electron chi connectivity index (χ1n) is 4.50. The van der Waals surface area contributed by atoms with Crippen molar-refractivity contribution in [2.24, 2.45) is 0 Å². The number of rotatable bonds is 6. The standard InChI is InChI=1S/C10H15NO4/c1-4-6-11-10(14)15-8(5-2)7(3)9(12)13/h4,8H,1,3,5-6H2,2H3,(H,11,14)(H,12,13). The number of carbonyl (C=O) groups excluding carboxylic acids is 1. The van der Waals surface area contributed by atoms with Crippen LogP contribution in [0.15, 0.2) is 24.8 Å². The molecule has 5 heteroatoms. The third-order valence-corrected chi connectivity index (χ3v) is 1.67. The first kappa shape index (κ1) is 13.2. The van der Waals surface area contributed by atoms with Gasteiger partial charge in [-0.2, -0.15) is 0 Å². The summed E-state index contributed by atoms with van der Waals surface area (Å²) >= 11 is 0. The van der Waals surface area contributed by atoms with E-state index in [1.54, 1.807) is 6.92 Å². The Morgan fingerprint density at radius 2 is 2.20 bits per heavy atom. The summed E-state index contributed by atoms with van der Waals surface area (Å²) in [5.74, 6) is -1.17. The zero-order valence-electron chi connectivity index (χ0n) is 8.66. The van der Waals surface area contributed by atoms with Crippen molar-refractivity contribution in [3.8, 4) is 0 Å². The largest absolute Gasteiger partial charge is 0.478 e. The van der Waals surface area contributed by atoms with Gasteiger partial charge in [0.1, 0.15) is 6.10 Å². The molecule has 0 saturated heterocycles. The van der Waals surface area contributed by atoms with Gasteiger partial charge in [-0.1, -0.05) is 19.6 Å². The number of aliphatic carboxylic acids is 1. The normalized spacial score (nSPS) is 11.3. The Morgan fingerprint density at radius 3 is 2.60 bits per heavy atom. The zero-order chi connectivity index (χ0) is 11.8. The molecule has 0 aliphatic heterocycles. The molecule has 0 saturated carbocycles. The molecule has 1 atom stereocenters. The minimum Gasteiger partial charge on any atom is -0.478 e. The molecule has 15 heavy (non-hydrogen) atoms. The molecule has 5 nitrogen and oxygen atoms in total. The van der Waals surface area contributed by atoms with Gasteiger partial charge in [0, 0.05) is 6.54 Å². The second-order valence-corrected chi connectivity index (χ2v) is 2.80. The summed E-state index contributed by atoms with van der Waals surface area (Å²) in [6, 6.07) is 0. The van der Waals surface area contributed by atoms with Gasteiger partial charge < -0.3 is 15.2 Å². The Hall–Kier alpha value is -1.78. The number of ether oxygens (including phenoxy) is 1. The molecule has 0 spiro atoms. The van der Waals surface area contributed by atoms with Gasteiger partial charge >= 0.3 is 12.1 Å². The van der Waals surface area contributed by atoms with Crippen molar-refractivity contribution in [1.82, 2.24) is 5.32 Å². The van der Waals surface area contributed by atoms with Gasteiger partial charge in [0.15, 0.2) is 0 Å². The third-order valence-electron chi connectivity index (χ3n) is 1.67. The van der Waals surface area contributed by atoms with Crippen molar-refractivity contribution in [2.75, 3.05) is 6.54 Å². The number of amides is 1. The number of carboxylic acids is 1. The molecule has 0 aromatic rings. The van der Waals surface area contributed by atoms with Gasteiger partial charge in [-0.15, -0.1) is 6.58 Å². The van der Waals surface area contributed by atoms with Crippen LogP contribution in [-0.4, -0.2) is 29.8 Å². The number of hydrogen-bond donors (Lipinski definition) is 2. The first-order chi connectivity index (χ1) is 7.02. The van der Waals surface area contributed by atoms with Crippen molar-refractivity contribution >= 4 is 12.1 Å². The number of carbonyl (C=O) groups is 2. The predicted molar refractivity (Wildman–Crippen MR) is 55.5 cm³/mol. The van der Waals surface area contributed by atoms with Gasteiger partial charge in [0.2, 0.25) is 0 Å². The highest BCUT2D eigenvalue weighted by Crippen LogP contribution is 2.09. The van der Waals surface area contributed by atoms with Crippen LogP contribution in [0.2, 0.25) is 0 Å². The van der Waals surface area contributed by atoms with Crippen LogP contribution >= 0.6 is 0 Å². The molecule has 0 aliphatic rings. The lowest BCUT2D eigenvalue weighted by molar-refractivity contribution is -0.133. The zero-order valence-corrected chi connectivity index (χ0v) is 8.66. The minimum atomic E-state index is -1.17. The van der Waals surface area contributed by atoms with Crippen molar-refractivity contribution < 1.29 is 19.4 Å². The van der Waals surface area contributed by atoms with Gasteiger partial charge in [0.05, 0.1) is 5.57 Å². The van der Waals surface area contributed by atoms with Crippen molar-refractivity contribution in [3.05, 3.63) is 24.8 Å². The van der Waals surface area contributed by atoms with Crippen LogP contribution in [-0.2, 0) is 9.53 Å². The molecule has 0 aromatic heterocycles. The molecule has 0 fully saturated rings. The Bertz CT molecular complexity index is 273. The quantitative estimate of drug-likeness (QED) is 0.515. The van der Waals surface area contributed by atoms with E-state index in [-0.39, 0.29) is 12.1 Å². The van der Waals surface area contributed by atoms with E-state index >= 15 is 0 Å². The summed E-state index contributed by atoms with van der Waals surface area (Å²) in [5, 5.41) is 11.0. The average molecular weight is 213 g/mol. The summed E-state index contributed by atoms with van der Waals surface area (Å²) in [6.07, 6.45) is 0.386. The summed E-state index contributed by atoms with van der Waals surface area (Å²) in [6.45, 7) is 8.73. The second kappa shape index (κ2) is 6.64. The van der Waals surface area contributed by atoms with Crippen LogP contribution < -0.4 is 5.32 Å². The topological polar surface area (TPSA) is 75.6 Å². The highest BCUT2D eigenvalue weighted by Gasteiger charge is 2.20. The molecule has 84 valence electrons. The number of carboxylic acid groups (broad SMARTS) is 1. The lowest BCUT2D eigenvalue weighted by atomic mass is 10.1. The first-order valence-corrected chi connectivity index (χ1v) is 4.50. The van der Waals surface area contributed by atoms with Gasteiger partial charge in [-0.25, -0.2) is 9.59 Å². The number of nitrogens with one attached hydrogen (secondary N) is 1. The highest BCUT2D eigenvalue weighted by atomic mass is 16.6. The predicted octanol–water partition coefficient (Wildman–Crippen LogP) is 1.32. The van der Waals surface area contributed by atoms with E-state index < -0.39 is 18.2 Å². The van der Waals surface area contributed by atoms with E-state index in [4.69, 9.17) is 9.84 Å². The van der Waals surface area contributed by atoms with Crippen molar-refractivity contribution in [2.45, 2.75) is 19.4 Å². The molecule has 0 aliphatic carbocycles. The van der Waals surface area contributed by atoms with Crippen LogP contribution in [0.5, 0.6) is 0 Å². The van der Waals surface area contributed by atoms with E-state index in [9.17, 15) is 9.59 Å². The van der Waals surface area contributed by atoms with E-state index in [0.717, 1.165) is 0 Å². The molecule has 1 unspecified atom stereocenters. The fourth-order valence-corrected chi connectivity index (χ4v) is 0.865. The molecule has 0 rings (SSSR count). The molecule has 0 bridgehead atoms. The van der Waals surface area contributed by atoms with Crippen molar-refractivity contribution in [3.63, 3.8) is 0 Å². The van der Waals surface area contributed by atoms with E-state index in [0.29, 0.717) is 6.42 Å². The Kier molecular flexibility index (Phi) is 5.85. The van der Waals surface area contributed by atoms with Crippen LogP contribution in [0.25, 0.3) is 0 Å². The number of hydrogen-bond acceptors (Lipinski definition) is 3. The SMILES string of the molecule is C=CCNC(=O)OC(CC)C(=C)C(=O)O. The monoisotopic (exact) mass is 213 g/mol. The highest BCUT2D eigenvalue weighted by molar-refractivity contribution is 5.87. The lowest BCUT2D eigenvalue weighted by Crippen LogP contribution is -2.31. The summed E-state index contributed by atoms with van der Waals surface area (Å²) in [5.41, 5.74) is -0.133. The van der Waals surface area contributed by atoms with Gasteiger partial charge in [-0.3, -0.25) is 0 Å². The molecule has 0 radical (unpaired) electrons. The van der Waals surface area contributed by atoms with Gasteiger partial charge in [0.25, 0.3) is 0 Å². The molecule has 2 N–H and O–H groups in total. The molecule has 0 heterocycles. The Balaban J connectivity index is 4.20. The van der Waals surface area contributed by atoms with E-state index in [1.807, 2.05) is 0 Å². The molecular weight excluding hydrogens is 198 g/mol. The van der Waals surface area contributed by atoms with Crippen LogP contribution in [0, 0.1) is 0 Å². The molecule has 0 aromatic carbocycles.